The fourth-order valence-electron chi connectivity index (χ4n) is 0.937. The first-order valence-electron chi connectivity index (χ1n) is 4.09. The molecule has 0 atom stereocenters. The second-order valence-electron chi connectivity index (χ2n) is 3.42. The molecule has 0 aliphatic heterocycles. The first-order valence-corrected chi connectivity index (χ1v) is 4.09. The molecule has 1 rings (SSSR count). The molecule has 1 heterocycles. The van der Waals surface area contributed by atoms with Crippen LogP contribution in [-0.2, 0) is 16.8 Å². The zero-order chi connectivity index (χ0) is 9.19. The van der Waals surface area contributed by atoms with Gasteiger partial charge in [0.1, 0.15) is 6.29 Å². The zero-order valence-electron chi connectivity index (χ0n) is 7.74. The van der Waals surface area contributed by atoms with Crippen LogP contribution in [0.3, 0.4) is 0 Å². The molecule has 0 aliphatic rings. The van der Waals surface area contributed by atoms with Gasteiger partial charge >= 0.3 is 0 Å². The highest BCUT2D eigenvalue weighted by molar-refractivity contribution is 5.66. The Kier molecular flexibility index (Phi) is 2.31. The number of hydrogen-bond acceptors (Lipinski definition) is 2. The molecule has 66 valence electrons. The minimum absolute atomic E-state index is 0.409. The van der Waals surface area contributed by atoms with Gasteiger partial charge in [0.2, 0.25) is 0 Å². The predicted octanol–water partition coefficient (Wildman–Crippen LogP) is 1.38. The fraction of sp³-hybridized carbons (Fsp3) is 0.556. The average Bonchev–Trinajstić information content (AvgIpc) is 2.52. The van der Waals surface area contributed by atoms with Gasteiger partial charge in [0.05, 0.1) is 6.20 Å². The van der Waals surface area contributed by atoms with Gasteiger partial charge in [-0.3, -0.25) is 4.68 Å². The molecule has 0 N–H and O–H groups in total. The highest BCUT2D eigenvalue weighted by atomic mass is 16.1. The highest BCUT2D eigenvalue weighted by Crippen LogP contribution is 2.19. The first-order chi connectivity index (χ1) is 5.60. The van der Waals surface area contributed by atoms with E-state index in [-0.39, 0.29) is 0 Å². The van der Waals surface area contributed by atoms with Gasteiger partial charge in [-0.15, -0.1) is 0 Å². The monoisotopic (exact) mass is 166 g/mol. The van der Waals surface area contributed by atoms with E-state index < -0.39 is 5.41 Å². The van der Waals surface area contributed by atoms with Crippen LogP contribution in [0.5, 0.6) is 0 Å². The number of carbonyl (C=O) groups is 1. The molecule has 0 fully saturated rings. The summed E-state index contributed by atoms with van der Waals surface area (Å²) in [5, 5.41) is 4.11. The van der Waals surface area contributed by atoms with Crippen molar-refractivity contribution < 1.29 is 4.79 Å². The third kappa shape index (κ3) is 1.55. The van der Waals surface area contributed by atoms with E-state index in [1.165, 1.54) is 0 Å². The Balaban J connectivity index is 2.95. The number of aromatic nitrogens is 2. The molecule has 0 bridgehead atoms. The summed E-state index contributed by atoms with van der Waals surface area (Å²) >= 11 is 0. The molecule has 0 unspecified atom stereocenters. The van der Waals surface area contributed by atoms with Crippen molar-refractivity contribution in [3.05, 3.63) is 18.0 Å². The van der Waals surface area contributed by atoms with E-state index in [0.717, 1.165) is 18.4 Å². The molecule has 0 aliphatic carbocycles. The van der Waals surface area contributed by atoms with Gasteiger partial charge in [0, 0.05) is 23.7 Å². The van der Waals surface area contributed by atoms with Crippen molar-refractivity contribution in [3.8, 4) is 0 Å². The predicted molar refractivity (Wildman–Crippen MR) is 47.0 cm³/mol. The summed E-state index contributed by atoms with van der Waals surface area (Å²) < 4.78 is 1.82. The lowest BCUT2D eigenvalue weighted by atomic mass is 9.89. The molecule has 0 aromatic carbocycles. The third-order valence-electron chi connectivity index (χ3n) is 2.00. The van der Waals surface area contributed by atoms with Gasteiger partial charge in [0.25, 0.3) is 0 Å². The molecular weight excluding hydrogens is 152 g/mol. The number of rotatable bonds is 3. The van der Waals surface area contributed by atoms with Crippen LogP contribution in [0.25, 0.3) is 0 Å². The lowest BCUT2D eigenvalue weighted by Crippen LogP contribution is -2.17. The molecule has 1 aromatic rings. The Hall–Kier alpha value is -1.12. The van der Waals surface area contributed by atoms with E-state index in [2.05, 4.69) is 5.10 Å². The van der Waals surface area contributed by atoms with Crippen molar-refractivity contribution in [2.24, 2.45) is 0 Å². The van der Waals surface area contributed by atoms with Crippen molar-refractivity contribution in [3.63, 3.8) is 0 Å². The number of carbonyl (C=O) groups excluding carboxylic acids is 1. The van der Waals surface area contributed by atoms with E-state index in [0.29, 0.717) is 0 Å². The molecule has 12 heavy (non-hydrogen) atoms. The van der Waals surface area contributed by atoms with E-state index in [1.807, 2.05) is 31.6 Å². The molecule has 3 nitrogen and oxygen atoms in total. The third-order valence-corrected chi connectivity index (χ3v) is 2.00. The van der Waals surface area contributed by atoms with Crippen LogP contribution in [-0.4, -0.2) is 16.1 Å². The molecule has 0 radical (unpaired) electrons. The van der Waals surface area contributed by atoms with E-state index in [9.17, 15) is 4.79 Å². The summed E-state index contributed by atoms with van der Waals surface area (Å²) in [6, 6.07) is 0. The topological polar surface area (TPSA) is 34.9 Å². The summed E-state index contributed by atoms with van der Waals surface area (Å²) in [4.78, 5) is 10.7. The fourth-order valence-corrected chi connectivity index (χ4v) is 0.937. The summed E-state index contributed by atoms with van der Waals surface area (Å²) in [7, 11) is 0. The Morgan fingerprint density at radius 1 is 1.67 bits per heavy atom. The van der Waals surface area contributed by atoms with E-state index in [1.54, 1.807) is 6.20 Å². The Morgan fingerprint density at radius 2 is 2.33 bits per heavy atom. The second-order valence-corrected chi connectivity index (χ2v) is 3.42. The van der Waals surface area contributed by atoms with E-state index in [4.69, 9.17) is 0 Å². The average molecular weight is 166 g/mol. The molecule has 0 amide bonds. The number of hydrogen-bond donors (Lipinski definition) is 0. The number of aryl methyl sites for hydroxylation is 1. The molecule has 0 saturated carbocycles. The van der Waals surface area contributed by atoms with Gasteiger partial charge in [-0.2, -0.15) is 5.10 Å². The molecule has 0 saturated heterocycles. The van der Waals surface area contributed by atoms with Crippen LogP contribution in [0.15, 0.2) is 12.4 Å². The lowest BCUT2D eigenvalue weighted by Gasteiger charge is -2.13. The lowest BCUT2D eigenvalue weighted by molar-refractivity contribution is -0.111. The Morgan fingerprint density at radius 3 is 2.75 bits per heavy atom. The Bertz CT molecular complexity index is 276. The molecular formula is C9H14N2O. The number of aldehydes is 1. The normalized spacial score (nSPS) is 11.6. The van der Waals surface area contributed by atoms with Crippen molar-refractivity contribution in [2.75, 3.05) is 0 Å². The largest absolute Gasteiger partial charge is 0.302 e. The van der Waals surface area contributed by atoms with Crippen molar-refractivity contribution >= 4 is 6.29 Å². The maximum Gasteiger partial charge on any atom is 0.130 e. The summed E-state index contributed by atoms with van der Waals surface area (Å²) in [6.07, 6.45) is 4.61. The zero-order valence-corrected chi connectivity index (χ0v) is 7.74. The minimum Gasteiger partial charge on any atom is -0.302 e. The maximum atomic E-state index is 10.7. The van der Waals surface area contributed by atoms with Gasteiger partial charge in [0.15, 0.2) is 0 Å². The quantitative estimate of drug-likeness (QED) is 0.636. The van der Waals surface area contributed by atoms with E-state index >= 15 is 0 Å². The van der Waals surface area contributed by atoms with Gasteiger partial charge < -0.3 is 4.79 Å². The van der Waals surface area contributed by atoms with Crippen LogP contribution >= 0.6 is 0 Å². The highest BCUT2D eigenvalue weighted by Gasteiger charge is 2.20. The van der Waals surface area contributed by atoms with Crippen LogP contribution < -0.4 is 0 Å². The first kappa shape index (κ1) is 8.97. The van der Waals surface area contributed by atoms with Crippen LogP contribution in [0.1, 0.15) is 26.3 Å². The van der Waals surface area contributed by atoms with Gasteiger partial charge in [-0.1, -0.05) is 0 Å². The summed E-state index contributed by atoms with van der Waals surface area (Å²) in [5.74, 6) is 0. The standard InChI is InChI=1S/C9H14N2O/c1-4-11-6-8(5-10-11)9(2,3)7-12/h5-7H,4H2,1-3H3. The van der Waals surface area contributed by atoms with Gasteiger partial charge in [-0.05, 0) is 20.8 Å². The molecule has 1 aromatic heterocycles. The second kappa shape index (κ2) is 3.09. The summed E-state index contributed by atoms with van der Waals surface area (Å²) in [5.41, 5.74) is 0.562. The van der Waals surface area contributed by atoms with Crippen molar-refractivity contribution in [2.45, 2.75) is 32.7 Å². The molecule has 3 heteroatoms. The summed E-state index contributed by atoms with van der Waals surface area (Å²) in [6.45, 7) is 6.63. The maximum absolute atomic E-state index is 10.7. The SMILES string of the molecule is CCn1cc(C(C)(C)C=O)cn1. The van der Waals surface area contributed by atoms with Crippen molar-refractivity contribution in [1.29, 1.82) is 0 Å². The van der Waals surface area contributed by atoms with Crippen LogP contribution in [0.4, 0.5) is 0 Å². The smallest absolute Gasteiger partial charge is 0.130 e. The van der Waals surface area contributed by atoms with Gasteiger partial charge in [-0.25, -0.2) is 0 Å². The van der Waals surface area contributed by atoms with Crippen LogP contribution in [0, 0.1) is 0 Å². The number of nitrogens with zero attached hydrogens (tertiary/aromatic N) is 2. The molecule has 0 spiro atoms. The van der Waals surface area contributed by atoms with Crippen LogP contribution in [0.2, 0.25) is 0 Å². The minimum atomic E-state index is -0.409. The van der Waals surface area contributed by atoms with Crippen molar-refractivity contribution in [1.82, 2.24) is 9.78 Å². The Labute approximate surface area is 72.4 Å².